The third-order valence-corrected chi connectivity index (χ3v) is 7.13. The minimum Gasteiger partial charge on any atom is -0.329 e. The Morgan fingerprint density at radius 1 is 0.452 bits per heavy atom. The first-order chi connectivity index (χ1) is 20.4. The predicted octanol–water partition coefficient (Wildman–Crippen LogP) is 6.63. The summed E-state index contributed by atoms with van der Waals surface area (Å²) in [4.78, 5) is 33.0. The number of carbonyl (C=O) groups is 1. The fourth-order valence-electron chi connectivity index (χ4n) is 2.83. The zero-order chi connectivity index (χ0) is 29.5. The Kier molecular flexibility index (Phi) is 11.4. The van der Waals surface area contributed by atoms with Crippen LogP contribution in [0.1, 0.15) is 0 Å². The van der Waals surface area contributed by atoms with Crippen LogP contribution in [0.25, 0.3) is 0 Å². The molecule has 0 aliphatic rings. The third kappa shape index (κ3) is 10.6. The van der Waals surface area contributed by atoms with Gasteiger partial charge in [-0.25, -0.2) is 4.79 Å². The maximum absolute atomic E-state index is 13.3. The van der Waals surface area contributed by atoms with Gasteiger partial charge in [0.15, 0.2) is 23.0 Å². The van der Waals surface area contributed by atoms with Gasteiger partial charge in [0.1, 0.15) is 12.6 Å². The molecule has 13 nitrogen and oxygen atoms in total. The van der Waals surface area contributed by atoms with Crippen LogP contribution < -0.4 is 30.2 Å². The van der Waals surface area contributed by atoms with Crippen LogP contribution in [0.15, 0.2) is 121 Å². The molecule has 0 fully saturated rings. The minimum atomic E-state index is -4.27. The van der Waals surface area contributed by atoms with Crippen molar-refractivity contribution < 1.29 is 52.2 Å². The Hall–Kier alpha value is -4.35. The largest absolute Gasteiger partial charge is 0.423 e. The molecule has 0 heterocycles. The molecule has 4 rings (SSSR count). The topological polar surface area (TPSA) is 149 Å². The molecule has 0 bridgehead atoms. The van der Waals surface area contributed by atoms with Gasteiger partial charge in [0, 0.05) is 0 Å². The van der Waals surface area contributed by atoms with Crippen molar-refractivity contribution in [2.75, 3.05) is 12.6 Å². The summed E-state index contributed by atoms with van der Waals surface area (Å²) in [5.74, 6) is 0.880. The van der Waals surface area contributed by atoms with Crippen molar-refractivity contribution in [2.45, 2.75) is 0 Å². The van der Waals surface area contributed by atoms with Gasteiger partial charge in [0.2, 0.25) is 0 Å². The summed E-state index contributed by atoms with van der Waals surface area (Å²) in [6.07, 6.45) is -1.43. The first kappa shape index (κ1) is 30.6. The van der Waals surface area contributed by atoms with Crippen LogP contribution in [0.2, 0.25) is 0 Å². The van der Waals surface area contributed by atoms with E-state index in [9.17, 15) is 13.9 Å². The molecule has 0 spiro atoms. The van der Waals surface area contributed by atoms with Crippen molar-refractivity contribution in [1.29, 1.82) is 0 Å². The van der Waals surface area contributed by atoms with Crippen LogP contribution in [0.4, 0.5) is 4.79 Å². The Balaban J connectivity index is 1.35. The molecule has 4 aromatic rings. The van der Waals surface area contributed by atoms with Crippen molar-refractivity contribution in [1.82, 2.24) is 10.6 Å². The normalized spacial score (nSPS) is 11.2. The van der Waals surface area contributed by atoms with Crippen molar-refractivity contribution in [3.05, 3.63) is 121 Å². The second-order valence-corrected chi connectivity index (χ2v) is 11.8. The van der Waals surface area contributed by atoms with Gasteiger partial charge in [-0.1, -0.05) is 91.5 Å². The smallest absolute Gasteiger partial charge is 0.329 e. The summed E-state index contributed by atoms with van der Waals surface area (Å²) in [5.41, 5.74) is 0. The van der Waals surface area contributed by atoms with Gasteiger partial charge < -0.3 is 30.2 Å². The predicted molar refractivity (Wildman–Crippen MR) is 149 cm³/mol. The van der Waals surface area contributed by atoms with Crippen LogP contribution in [0.3, 0.4) is 0 Å². The number of rotatable bonds is 16. The second kappa shape index (κ2) is 15.6. The molecule has 0 aromatic heterocycles. The molecule has 0 saturated carbocycles. The number of para-hydroxylation sites is 4. The van der Waals surface area contributed by atoms with Gasteiger partial charge in [0.25, 0.3) is 0 Å². The Labute approximate surface area is 241 Å². The van der Waals surface area contributed by atoms with E-state index in [2.05, 4.69) is 10.6 Å². The first-order valence-corrected chi connectivity index (χ1v) is 15.7. The van der Waals surface area contributed by atoms with Gasteiger partial charge in [-0.3, -0.25) is 9.13 Å². The maximum atomic E-state index is 13.3. The fraction of sp³-hybridized carbons (Fsp3) is 0.0741. The minimum absolute atomic E-state index is 0.220. The molecule has 42 heavy (non-hydrogen) atoms. The molecule has 220 valence electrons. The number of hydrogen-bond acceptors (Lipinski definition) is 11. The zero-order valence-corrected chi connectivity index (χ0v) is 23.6. The molecule has 0 aliphatic carbocycles. The molecule has 4 aromatic carbocycles. The van der Waals surface area contributed by atoms with Crippen molar-refractivity contribution >= 4 is 21.2 Å². The SMILES string of the molecule is O=C(NCP(=O)(OOc1ccccc1)OOc1ccccc1)NCP(=O)(OOc1ccccc1)OOc1ccccc1. The highest BCUT2D eigenvalue weighted by Crippen LogP contribution is 2.49. The van der Waals surface area contributed by atoms with Gasteiger partial charge in [-0.15, -0.1) is 0 Å². The number of benzene rings is 4. The van der Waals surface area contributed by atoms with Gasteiger partial charge >= 0.3 is 21.2 Å². The molecule has 0 saturated heterocycles. The molecule has 0 radical (unpaired) electrons. The van der Waals surface area contributed by atoms with Gasteiger partial charge in [-0.05, 0) is 48.5 Å². The van der Waals surface area contributed by atoms with Crippen molar-refractivity contribution in [3.8, 4) is 23.0 Å². The standard InChI is InChI=1S/C27H26N2O11P2/c30-27(28-21-41(31,37-33-23-13-5-1-6-14-23)38-34-24-15-7-2-8-16-24)29-22-42(32,39-35-25-17-9-3-10-18-25)40-36-26-19-11-4-12-20-26/h1-20H,21-22H2,(H2,28,29,30). The summed E-state index contributed by atoms with van der Waals surface area (Å²) < 4.78 is 46.7. The summed E-state index contributed by atoms with van der Waals surface area (Å²) in [6.45, 7) is 0. The van der Waals surface area contributed by atoms with Crippen LogP contribution in [-0.2, 0) is 27.8 Å². The number of carbonyl (C=O) groups excluding carboxylic acids is 1. The average Bonchev–Trinajstić information content (AvgIpc) is 3.05. The van der Waals surface area contributed by atoms with Crippen LogP contribution in [0, 0.1) is 0 Å². The fourth-order valence-corrected chi connectivity index (χ4v) is 4.57. The first-order valence-electron chi connectivity index (χ1n) is 12.3. The molecular formula is C27H26N2O11P2. The lowest BCUT2D eigenvalue weighted by Gasteiger charge is -2.18. The molecule has 15 heteroatoms. The van der Waals surface area contributed by atoms with Gasteiger partial charge in [-0.2, -0.15) is 0 Å². The Morgan fingerprint density at radius 3 is 0.929 bits per heavy atom. The summed E-state index contributed by atoms with van der Waals surface area (Å²) in [7, 11) is -8.54. The van der Waals surface area contributed by atoms with Crippen LogP contribution in [-0.4, -0.2) is 18.6 Å². The van der Waals surface area contributed by atoms with E-state index in [0.717, 1.165) is 0 Å². The summed E-state index contributed by atoms with van der Waals surface area (Å²) >= 11 is 0. The molecule has 2 amide bonds. The molecule has 0 atom stereocenters. The van der Waals surface area contributed by atoms with E-state index in [-0.39, 0.29) is 23.0 Å². The second-order valence-electron chi connectivity index (χ2n) is 8.10. The van der Waals surface area contributed by atoms with E-state index >= 15 is 0 Å². The quantitative estimate of drug-likeness (QED) is 0.0794. The van der Waals surface area contributed by atoms with E-state index < -0.39 is 33.8 Å². The van der Waals surface area contributed by atoms with E-state index in [0.29, 0.717) is 0 Å². The lowest BCUT2D eigenvalue weighted by Crippen LogP contribution is -2.37. The van der Waals surface area contributed by atoms with E-state index in [1.54, 1.807) is 121 Å². The zero-order valence-electron chi connectivity index (χ0n) is 21.8. The third-order valence-electron chi connectivity index (χ3n) is 4.83. The van der Waals surface area contributed by atoms with Gasteiger partial charge in [0.05, 0.1) is 0 Å². The van der Waals surface area contributed by atoms with Crippen molar-refractivity contribution in [2.24, 2.45) is 0 Å². The van der Waals surface area contributed by atoms with E-state index in [1.165, 1.54) is 0 Å². The highest BCUT2D eigenvalue weighted by Gasteiger charge is 2.33. The highest BCUT2D eigenvalue weighted by atomic mass is 31.2. The Bertz CT molecular complexity index is 1260. The highest BCUT2D eigenvalue weighted by molar-refractivity contribution is 7.53. The molecule has 0 aliphatic heterocycles. The number of urea groups is 1. The Morgan fingerprint density at radius 2 is 0.690 bits per heavy atom. The van der Waals surface area contributed by atoms with Crippen molar-refractivity contribution in [3.63, 3.8) is 0 Å². The lowest BCUT2D eigenvalue weighted by molar-refractivity contribution is -0.171. The van der Waals surface area contributed by atoms with Crippen LogP contribution in [0.5, 0.6) is 23.0 Å². The summed E-state index contributed by atoms with van der Waals surface area (Å²) in [6, 6.07) is 31.8. The average molecular weight is 616 g/mol. The summed E-state index contributed by atoms with van der Waals surface area (Å²) in [5, 5.41) is 4.56. The lowest BCUT2D eigenvalue weighted by atomic mass is 10.3. The number of hydrogen-bond donors (Lipinski definition) is 2. The molecule has 0 unspecified atom stereocenters. The molecule has 2 N–H and O–H groups in total. The number of amides is 2. The number of nitrogens with one attached hydrogen (secondary N) is 2. The monoisotopic (exact) mass is 616 g/mol. The van der Waals surface area contributed by atoms with E-state index in [4.69, 9.17) is 38.2 Å². The maximum Gasteiger partial charge on any atom is 0.423 e. The van der Waals surface area contributed by atoms with E-state index in [1.807, 2.05) is 0 Å². The molecular weight excluding hydrogens is 590 g/mol. The van der Waals surface area contributed by atoms with Crippen LogP contribution >= 0.6 is 15.2 Å².